The van der Waals surface area contributed by atoms with Crippen molar-refractivity contribution in [2.45, 2.75) is 22.6 Å². The molecular weight excluding hydrogens is 338 g/mol. The number of aliphatic carboxylic acids is 1. The van der Waals surface area contributed by atoms with Crippen LogP contribution >= 0.6 is 28.7 Å². The summed E-state index contributed by atoms with van der Waals surface area (Å²) >= 11 is 1.41. The molecule has 1 heterocycles. The van der Waals surface area contributed by atoms with Gasteiger partial charge in [0.05, 0.1) is 0 Å². The molecule has 1 atom stereocenters. The summed E-state index contributed by atoms with van der Waals surface area (Å²) in [6, 6.07) is 14.2. The standard InChI is InChI=1S/C15H15NO2S.BrH/c17-14(18)15(8-3-9-16-15)19-13-7-6-11-4-1-2-5-12(11)10-13;/h1-2,4-7,10,16H,3,8-9H2,(H,17,18);1H/t15-;/m1./s1. The molecule has 0 aromatic heterocycles. The molecule has 0 saturated carbocycles. The lowest BCUT2D eigenvalue weighted by molar-refractivity contribution is -0.140. The molecule has 2 N–H and O–H groups in total. The molecule has 1 aliphatic rings. The molecule has 0 amide bonds. The van der Waals surface area contributed by atoms with Gasteiger partial charge >= 0.3 is 5.97 Å². The second kappa shape index (κ2) is 6.16. The smallest absolute Gasteiger partial charge is 0.334 e. The van der Waals surface area contributed by atoms with Gasteiger partial charge in [0, 0.05) is 4.90 Å². The minimum Gasteiger partial charge on any atom is -0.479 e. The lowest BCUT2D eigenvalue weighted by atomic mass is 10.1. The maximum atomic E-state index is 11.5. The largest absolute Gasteiger partial charge is 0.479 e. The van der Waals surface area contributed by atoms with Crippen LogP contribution in [0.2, 0.25) is 0 Å². The Bertz CT molecular complexity index is 626. The number of rotatable bonds is 3. The van der Waals surface area contributed by atoms with Gasteiger partial charge in [0.2, 0.25) is 0 Å². The number of thioether (sulfide) groups is 1. The Morgan fingerprint density at radius 1 is 1.20 bits per heavy atom. The van der Waals surface area contributed by atoms with E-state index in [1.54, 1.807) is 0 Å². The van der Waals surface area contributed by atoms with E-state index in [1.165, 1.54) is 17.1 Å². The highest BCUT2D eigenvalue weighted by Crippen LogP contribution is 2.38. The molecule has 3 nitrogen and oxygen atoms in total. The third-order valence-electron chi connectivity index (χ3n) is 3.47. The van der Waals surface area contributed by atoms with E-state index >= 15 is 0 Å². The maximum absolute atomic E-state index is 11.5. The number of benzene rings is 2. The zero-order valence-electron chi connectivity index (χ0n) is 10.8. The van der Waals surface area contributed by atoms with Gasteiger partial charge in [-0.3, -0.25) is 5.32 Å². The average Bonchev–Trinajstić information content (AvgIpc) is 2.88. The van der Waals surface area contributed by atoms with Crippen LogP contribution in [0.5, 0.6) is 0 Å². The van der Waals surface area contributed by atoms with E-state index in [-0.39, 0.29) is 17.0 Å². The summed E-state index contributed by atoms with van der Waals surface area (Å²) in [5.41, 5.74) is 0. The van der Waals surface area contributed by atoms with Crippen LogP contribution in [-0.2, 0) is 4.79 Å². The quantitative estimate of drug-likeness (QED) is 0.883. The zero-order valence-corrected chi connectivity index (χ0v) is 13.4. The van der Waals surface area contributed by atoms with Crippen LogP contribution in [-0.4, -0.2) is 22.5 Å². The van der Waals surface area contributed by atoms with Crippen LogP contribution in [0.1, 0.15) is 12.8 Å². The highest BCUT2D eigenvalue weighted by Gasteiger charge is 2.42. The summed E-state index contributed by atoms with van der Waals surface area (Å²) in [7, 11) is 0. The van der Waals surface area contributed by atoms with Crippen LogP contribution in [0, 0.1) is 0 Å². The SMILES string of the molecule is Br.O=C(O)[C@]1(Sc2ccc3ccccc3c2)CCCN1. The normalized spacial score (nSPS) is 21.6. The molecule has 106 valence electrons. The van der Waals surface area contributed by atoms with Crippen molar-refractivity contribution in [3.8, 4) is 0 Å². The van der Waals surface area contributed by atoms with E-state index < -0.39 is 10.8 Å². The van der Waals surface area contributed by atoms with Crippen molar-refractivity contribution < 1.29 is 9.90 Å². The second-order valence-electron chi connectivity index (χ2n) is 4.77. The van der Waals surface area contributed by atoms with E-state index in [1.807, 2.05) is 24.3 Å². The van der Waals surface area contributed by atoms with Gasteiger partial charge in [-0.25, -0.2) is 4.79 Å². The van der Waals surface area contributed by atoms with Gasteiger partial charge in [0.25, 0.3) is 0 Å². The van der Waals surface area contributed by atoms with E-state index in [0.29, 0.717) is 6.42 Å². The average molecular weight is 354 g/mol. The van der Waals surface area contributed by atoms with Crippen LogP contribution in [0.15, 0.2) is 47.4 Å². The summed E-state index contributed by atoms with van der Waals surface area (Å²) in [6.45, 7) is 0.771. The third kappa shape index (κ3) is 2.85. The highest BCUT2D eigenvalue weighted by molar-refractivity contribution is 8.93. The Kier molecular flexibility index (Phi) is 4.73. The van der Waals surface area contributed by atoms with Crippen LogP contribution < -0.4 is 5.32 Å². The van der Waals surface area contributed by atoms with Crippen molar-refractivity contribution in [2.75, 3.05) is 6.54 Å². The molecule has 2 aromatic carbocycles. The van der Waals surface area contributed by atoms with Gasteiger partial charge in [-0.15, -0.1) is 17.0 Å². The first kappa shape index (κ1) is 15.4. The summed E-state index contributed by atoms with van der Waals surface area (Å²) in [5.74, 6) is -0.775. The van der Waals surface area contributed by atoms with Crippen molar-refractivity contribution in [1.29, 1.82) is 0 Å². The zero-order chi connectivity index (χ0) is 13.3. The number of halogens is 1. The predicted octanol–water partition coefficient (Wildman–Crippen LogP) is 3.67. The third-order valence-corrected chi connectivity index (χ3v) is 4.84. The Morgan fingerprint density at radius 3 is 2.60 bits per heavy atom. The number of hydrogen-bond acceptors (Lipinski definition) is 3. The molecule has 0 unspecified atom stereocenters. The van der Waals surface area contributed by atoms with Crippen molar-refractivity contribution >= 4 is 45.5 Å². The first-order valence-corrected chi connectivity index (χ1v) is 7.17. The van der Waals surface area contributed by atoms with Crippen molar-refractivity contribution in [3.63, 3.8) is 0 Å². The number of fused-ring (bicyclic) bond motifs is 1. The fourth-order valence-electron chi connectivity index (χ4n) is 2.46. The molecule has 0 bridgehead atoms. The lowest BCUT2D eigenvalue weighted by Crippen LogP contribution is -2.44. The molecule has 0 aliphatic carbocycles. The second-order valence-corrected chi connectivity index (χ2v) is 6.15. The summed E-state index contributed by atoms with van der Waals surface area (Å²) in [6.07, 6.45) is 1.58. The van der Waals surface area contributed by atoms with Crippen LogP contribution in [0.25, 0.3) is 10.8 Å². The number of nitrogens with one attached hydrogen (secondary N) is 1. The molecule has 2 aromatic rings. The van der Waals surface area contributed by atoms with Crippen LogP contribution in [0.3, 0.4) is 0 Å². The van der Waals surface area contributed by atoms with Gasteiger partial charge in [-0.05, 0) is 42.3 Å². The summed E-state index contributed by atoms with van der Waals surface area (Å²) in [4.78, 5) is 11.6. The molecule has 0 spiro atoms. The van der Waals surface area contributed by atoms with E-state index in [4.69, 9.17) is 0 Å². The first-order chi connectivity index (χ1) is 9.20. The van der Waals surface area contributed by atoms with Gasteiger partial charge in [0.15, 0.2) is 4.87 Å². The summed E-state index contributed by atoms with van der Waals surface area (Å²) < 4.78 is 0. The van der Waals surface area contributed by atoms with E-state index in [9.17, 15) is 9.90 Å². The molecular formula is C15H16BrNO2S. The fraction of sp³-hybridized carbons (Fsp3) is 0.267. The highest BCUT2D eigenvalue weighted by atomic mass is 79.9. The molecule has 3 rings (SSSR count). The number of carbonyl (C=O) groups is 1. The molecule has 20 heavy (non-hydrogen) atoms. The van der Waals surface area contributed by atoms with E-state index in [0.717, 1.165) is 23.2 Å². The van der Waals surface area contributed by atoms with E-state index in [2.05, 4.69) is 23.5 Å². The Labute approximate surface area is 132 Å². The molecule has 1 fully saturated rings. The minimum absolute atomic E-state index is 0. The lowest BCUT2D eigenvalue weighted by Gasteiger charge is -2.23. The summed E-state index contributed by atoms with van der Waals surface area (Å²) in [5, 5.41) is 14.9. The van der Waals surface area contributed by atoms with Gasteiger partial charge in [0.1, 0.15) is 0 Å². The predicted molar refractivity (Wildman–Crippen MR) is 87.7 cm³/mol. The van der Waals surface area contributed by atoms with Gasteiger partial charge < -0.3 is 5.11 Å². The number of carboxylic acids is 1. The molecule has 0 radical (unpaired) electrons. The number of carboxylic acid groups (broad SMARTS) is 1. The van der Waals surface area contributed by atoms with Gasteiger partial charge in [-0.1, -0.05) is 42.1 Å². The van der Waals surface area contributed by atoms with Crippen molar-refractivity contribution in [3.05, 3.63) is 42.5 Å². The fourth-order valence-corrected chi connectivity index (χ4v) is 3.69. The van der Waals surface area contributed by atoms with Crippen LogP contribution in [0.4, 0.5) is 0 Å². The first-order valence-electron chi connectivity index (χ1n) is 6.36. The molecule has 1 saturated heterocycles. The number of hydrogen-bond donors (Lipinski definition) is 2. The molecule has 5 heteroatoms. The minimum atomic E-state index is -0.859. The van der Waals surface area contributed by atoms with Crippen molar-refractivity contribution in [1.82, 2.24) is 5.32 Å². The monoisotopic (exact) mass is 353 g/mol. The topological polar surface area (TPSA) is 49.3 Å². The Hall–Kier alpha value is -1.04. The molecule has 1 aliphatic heterocycles. The Morgan fingerprint density at radius 2 is 1.95 bits per heavy atom. The maximum Gasteiger partial charge on any atom is 0.334 e. The van der Waals surface area contributed by atoms with Crippen molar-refractivity contribution in [2.24, 2.45) is 0 Å². The Balaban J connectivity index is 0.00000147. The van der Waals surface area contributed by atoms with Gasteiger partial charge in [-0.2, -0.15) is 0 Å².